The molecule has 0 bridgehead atoms. The van der Waals surface area contributed by atoms with Crippen LogP contribution in [0.1, 0.15) is 31.8 Å². The molecule has 8 aromatic rings. The lowest BCUT2D eigenvalue weighted by Gasteiger charge is -2.27. The second-order valence-corrected chi connectivity index (χ2v) is 17.0. The Hall–Kier alpha value is -8.21. The minimum absolute atomic E-state index is 0.142. The fraction of sp³-hybridized carbons (Fsp3) is 0.192. The molecule has 0 radical (unpaired) electrons. The third-order valence-corrected chi connectivity index (χ3v) is 11.8. The van der Waals surface area contributed by atoms with Crippen LogP contribution in [-0.2, 0) is 21.8 Å². The van der Waals surface area contributed by atoms with E-state index >= 15 is 0 Å². The standard InChI is InChI=1S/C26H19ClF4N4O3.C26H20F4N4O3/c27-19-4-1-15(11-18(19)26(29,30)31)25(36)34-21-5-2-16(12-20(21)28)38-17-3-6-22-23(13-17)33-24(14-32-22)35-7-9-37-10-8-35;27-20-13-18(4-6-21(20)33-25(35)16-2-1-3-17(12-16)26(28,29)30)37-19-5-7-22-23(14-19)32-24(15-31-22)34-8-10-36-11-9-34/h1-6,11-14H,7-10H2,(H,34,36);1-7,12-15H,8-11H2,(H,33,35). The quantitative estimate of drug-likeness (QED) is 0.125. The van der Waals surface area contributed by atoms with Gasteiger partial charge in [0.15, 0.2) is 0 Å². The summed E-state index contributed by atoms with van der Waals surface area (Å²) < 4.78 is 130. The van der Waals surface area contributed by atoms with Crippen molar-refractivity contribution in [2.24, 2.45) is 0 Å². The number of alkyl halides is 6. The number of nitrogens with one attached hydrogen (secondary N) is 2. The third kappa shape index (κ3) is 12.8. The molecule has 4 heterocycles. The molecule has 0 aliphatic carbocycles. The van der Waals surface area contributed by atoms with Crippen LogP contribution in [-0.4, -0.2) is 84.4 Å². The maximum atomic E-state index is 14.7. The predicted octanol–water partition coefficient (Wildman–Crippen LogP) is 12.0. The van der Waals surface area contributed by atoms with Crippen molar-refractivity contribution >= 4 is 68.5 Å². The van der Waals surface area contributed by atoms with Gasteiger partial charge in [0.05, 0.1) is 88.4 Å². The van der Waals surface area contributed by atoms with E-state index in [1.54, 1.807) is 48.8 Å². The van der Waals surface area contributed by atoms with Gasteiger partial charge in [-0.2, -0.15) is 26.3 Å². The summed E-state index contributed by atoms with van der Waals surface area (Å²) in [7, 11) is 0. The Morgan fingerprint density at radius 1 is 0.533 bits per heavy atom. The molecule has 0 atom stereocenters. The first-order chi connectivity index (χ1) is 35.9. The van der Waals surface area contributed by atoms with E-state index < -0.39 is 52.0 Å². The van der Waals surface area contributed by atoms with E-state index in [1.165, 1.54) is 30.3 Å². The lowest BCUT2D eigenvalue weighted by molar-refractivity contribution is -0.138. The molecule has 2 aliphatic rings. The van der Waals surface area contributed by atoms with E-state index in [-0.39, 0.29) is 34.0 Å². The van der Waals surface area contributed by atoms with Crippen molar-refractivity contribution in [3.05, 3.63) is 167 Å². The van der Waals surface area contributed by atoms with Gasteiger partial charge < -0.3 is 39.4 Å². The molecule has 10 rings (SSSR count). The maximum absolute atomic E-state index is 14.7. The van der Waals surface area contributed by atoms with Crippen LogP contribution in [0.15, 0.2) is 128 Å². The van der Waals surface area contributed by atoms with Gasteiger partial charge in [-0.05, 0) is 84.9 Å². The monoisotopic (exact) mass is 1060 g/mol. The van der Waals surface area contributed by atoms with Crippen LogP contribution in [0.5, 0.6) is 23.0 Å². The summed E-state index contributed by atoms with van der Waals surface area (Å²) in [6.45, 7) is 5.30. The predicted molar refractivity (Wildman–Crippen MR) is 262 cm³/mol. The topological polar surface area (TPSA) is 153 Å². The normalized spacial score (nSPS) is 14.0. The molecule has 2 aromatic heterocycles. The highest BCUT2D eigenvalue weighted by molar-refractivity contribution is 6.31. The van der Waals surface area contributed by atoms with Crippen LogP contribution < -0.4 is 29.9 Å². The highest BCUT2D eigenvalue weighted by Gasteiger charge is 2.34. The molecular formula is C52H39ClF8N8O6. The lowest BCUT2D eigenvalue weighted by Crippen LogP contribution is -2.36. The molecule has 2 aliphatic heterocycles. The van der Waals surface area contributed by atoms with E-state index in [4.69, 9.17) is 30.5 Å². The van der Waals surface area contributed by atoms with Crippen molar-refractivity contribution in [3.8, 4) is 23.0 Å². The fourth-order valence-corrected chi connectivity index (χ4v) is 7.91. The zero-order valence-corrected chi connectivity index (χ0v) is 39.6. The van der Waals surface area contributed by atoms with Gasteiger partial charge in [-0.3, -0.25) is 19.6 Å². The average Bonchev–Trinajstić information content (AvgIpc) is 3.40. The molecular weight excluding hydrogens is 1020 g/mol. The number of hydrogen-bond acceptors (Lipinski definition) is 12. The zero-order valence-electron chi connectivity index (χ0n) is 38.8. The van der Waals surface area contributed by atoms with Crippen molar-refractivity contribution < 1.29 is 63.7 Å². The van der Waals surface area contributed by atoms with Gasteiger partial charge in [-0.25, -0.2) is 18.7 Å². The number of nitrogens with zero attached hydrogens (tertiary/aromatic N) is 6. The summed E-state index contributed by atoms with van der Waals surface area (Å²) in [6.07, 6.45) is -5.94. The molecule has 75 heavy (non-hydrogen) atoms. The number of halogens is 9. The van der Waals surface area contributed by atoms with E-state index in [2.05, 4.69) is 40.4 Å². The van der Waals surface area contributed by atoms with Gasteiger partial charge in [-0.15, -0.1) is 0 Å². The number of aromatic nitrogens is 4. The summed E-state index contributed by atoms with van der Waals surface area (Å²) in [5, 5.41) is 4.01. The van der Waals surface area contributed by atoms with E-state index in [9.17, 15) is 44.7 Å². The number of anilines is 4. The minimum Gasteiger partial charge on any atom is -0.457 e. The number of hydrogen-bond donors (Lipinski definition) is 2. The van der Waals surface area contributed by atoms with Crippen molar-refractivity contribution in [1.82, 2.24) is 19.9 Å². The number of fused-ring (bicyclic) bond motifs is 2. The molecule has 14 nitrogen and oxygen atoms in total. The lowest BCUT2D eigenvalue weighted by atomic mass is 10.1. The molecule has 2 saturated heterocycles. The molecule has 0 spiro atoms. The number of ether oxygens (including phenoxy) is 4. The van der Waals surface area contributed by atoms with Crippen molar-refractivity contribution in [1.29, 1.82) is 0 Å². The van der Waals surface area contributed by atoms with E-state index in [0.29, 0.717) is 104 Å². The number of carbonyl (C=O) groups excluding carboxylic acids is 2. The highest BCUT2D eigenvalue weighted by Crippen LogP contribution is 2.36. The number of rotatable bonds is 10. The Morgan fingerprint density at radius 2 is 0.987 bits per heavy atom. The first-order valence-electron chi connectivity index (χ1n) is 22.7. The van der Waals surface area contributed by atoms with Crippen LogP contribution in [0.3, 0.4) is 0 Å². The minimum atomic E-state index is -4.74. The van der Waals surface area contributed by atoms with E-state index in [0.717, 1.165) is 42.2 Å². The summed E-state index contributed by atoms with van der Waals surface area (Å²) in [5.41, 5.74) is -0.602. The Morgan fingerprint density at radius 3 is 1.44 bits per heavy atom. The van der Waals surface area contributed by atoms with Crippen LogP contribution >= 0.6 is 11.6 Å². The SMILES string of the molecule is O=C(Nc1ccc(Oc2ccc3ncc(N4CCOCC4)nc3c2)cc1F)c1ccc(Cl)c(C(F)(F)F)c1.O=C(Nc1ccc(Oc2ccc3ncc(N4CCOCC4)nc3c2)cc1F)c1cccc(C(F)(F)F)c1. The van der Waals surface area contributed by atoms with Crippen LogP contribution in [0.2, 0.25) is 5.02 Å². The molecule has 23 heteroatoms. The largest absolute Gasteiger partial charge is 0.457 e. The Kier molecular flexibility index (Phi) is 15.2. The number of amides is 2. The van der Waals surface area contributed by atoms with Crippen molar-refractivity contribution in [2.75, 3.05) is 73.0 Å². The molecule has 6 aromatic carbocycles. The van der Waals surface area contributed by atoms with Gasteiger partial charge in [0.25, 0.3) is 11.8 Å². The molecule has 0 unspecified atom stereocenters. The number of benzene rings is 6. The van der Waals surface area contributed by atoms with Gasteiger partial charge in [0.1, 0.15) is 46.3 Å². The van der Waals surface area contributed by atoms with Gasteiger partial charge in [-0.1, -0.05) is 17.7 Å². The third-order valence-electron chi connectivity index (χ3n) is 11.5. The maximum Gasteiger partial charge on any atom is 0.417 e. The molecule has 386 valence electrons. The van der Waals surface area contributed by atoms with Crippen LogP contribution in [0, 0.1) is 11.6 Å². The molecule has 2 fully saturated rings. The highest BCUT2D eigenvalue weighted by atomic mass is 35.5. The van der Waals surface area contributed by atoms with Gasteiger partial charge >= 0.3 is 12.4 Å². The zero-order chi connectivity index (χ0) is 52.9. The number of carbonyl (C=O) groups is 2. The fourth-order valence-electron chi connectivity index (χ4n) is 7.68. The first-order valence-corrected chi connectivity index (χ1v) is 23.1. The smallest absolute Gasteiger partial charge is 0.417 e. The summed E-state index contributed by atoms with van der Waals surface area (Å²) >= 11 is 5.59. The van der Waals surface area contributed by atoms with Gasteiger partial charge in [0.2, 0.25) is 0 Å². The van der Waals surface area contributed by atoms with Crippen molar-refractivity contribution in [2.45, 2.75) is 12.4 Å². The Balaban J connectivity index is 0.000000184. The first kappa shape index (κ1) is 51.7. The summed E-state index contributed by atoms with van der Waals surface area (Å²) in [4.78, 5) is 47.2. The van der Waals surface area contributed by atoms with Crippen LogP contribution in [0.4, 0.5) is 58.1 Å². The van der Waals surface area contributed by atoms with Gasteiger partial charge in [0, 0.05) is 61.6 Å². The Bertz CT molecular complexity index is 3410. The average molecular weight is 1060 g/mol. The summed E-state index contributed by atoms with van der Waals surface area (Å²) in [5.74, 6) is -0.916. The number of morpholine rings is 2. The molecule has 2 N–H and O–H groups in total. The molecule has 0 saturated carbocycles. The van der Waals surface area contributed by atoms with Crippen molar-refractivity contribution in [3.63, 3.8) is 0 Å². The molecule has 2 amide bonds. The van der Waals surface area contributed by atoms with Crippen LogP contribution in [0.25, 0.3) is 22.1 Å². The second-order valence-electron chi connectivity index (χ2n) is 16.6. The van der Waals surface area contributed by atoms with E-state index in [1.807, 2.05) is 0 Å². The second kappa shape index (κ2) is 22.1. The summed E-state index contributed by atoms with van der Waals surface area (Å²) in [6, 6.07) is 24.3. The Labute approximate surface area is 425 Å².